The zero-order valence-corrected chi connectivity index (χ0v) is 11.5. The third-order valence-corrected chi connectivity index (χ3v) is 2.65. The van der Waals surface area contributed by atoms with E-state index in [4.69, 9.17) is 4.52 Å². The van der Waals surface area contributed by atoms with Crippen molar-refractivity contribution in [1.82, 2.24) is 15.0 Å². The van der Waals surface area contributed by atoms with Crippen LogP contribution in [-0.4, -0.2) is 40.4 Å². The summed E-state index contributed by atoms with van der Waals surface area (Å²) in [6.45, 7) is 1.55. The number of rotatable bonds is 4. The summed E-state index contributed by atoms with van der Waals surface area (Å²) >= 11 is 0. The molecule has 0 spiro atoms. The standard InChI is InChI=1S/C13H14N4O4/c1-8-5-10(16-21-8)15-12(19)7-17(2)13(20)9-3-4-11(18)14-6-9/h3-6H,7H2,1-2H3,(H,14,18)(H,15,16,19). The summed E-state index contributed by atoms with van der Waals surface area (Å²) in [5.41, 5.74) is -0.00414. The maximum atomic E-state index is 12.0. The van der Waals surface area contributed by atoms with Crippen LogP contribution in [0.2, 0.25) is 0 Å². The summed E-state index contributed by atoms with van der Waals surface area (Å²) in [7, 11) is 1.49. The number of carbonyl (C=O) groups is 2. The van der Waals surface area contributed by atoms with E-state index in [1.54, 1.807) is 13.0 Å². The predicted octanol–water partition coefficient (Wildman–Crippen LogP) is 0.382. The lowest BCUT2D eigenvalue weighted by molar-refractivity contribution is -0.116. The Morgan fingerprint density at radius 1 is 1.43 bits per heavy atom. The monoisotopic (exact) mass is 290 g/mol. The van der Waals surface area contributed by atoms with Crippen LogP contribution in [0.3, 0.4) is 0 Å². The second-order valence-corrected chi connectivity index (χ2v) is 4.47. The maximum Gasteiger partial charge on any atom is 0.255 e. The number of nitrogens with one attached hydrogen (secondary N) is 2. The van der Waals surface area contributed by atoms with Crippen LogP contribution in [0.15, 0.2) is 33.7 Å². The Kier molecular flexibility index (Phi) is 4.17. The summed E-state index contributed by atoms with van der Waals surface area (Å²) in [6.07, 6.45) is 1.31. The van der Waals surface area contributed by atoms with Crippen molar-refractivity contribution < 1.29 is 14.1 Å². The molecule has 8 heteroatoms. The van der Waals surface area contributed by atoms with E-state index in [9.17, 15) is 14.4 Å². The lowest BCUT2D eigenvalue weighted by atomic mass is 10.2. The molecule has 0 radical (unpaired) electrons. The van der Waals surface area contributed by atoms with Crippen LogP contribution in [0.5, 0.6) is 0 Å². The first-order chi connectivity index (χ1) is 9.95. The molecule has 0 aliphatic rings. The fraction of sp³-hybridized carbons (Fsp3) is 0.231. The SMILES string of the molecule is Cc1cc(NC(=O)CN(C)C(=O)c2ccc(=O)[nH]c2)no1. The molecule has 0 aliphatic heterocycles. The Balaban J connectivity index is 1.95. The van der Waals surface area contributed by atoms with Gasteiger partial charge in [0.2, 0.25) is 11.5 Å². The van der Waals surface area contributed by atoms with Gasteiger partial charge in [0.25, 0.3) is 5.91 Å². The molecule has 0 fully saturated rings. The molecular formula is C13H14N4O4. The van der Waals surface area contributed by atoms with E-state index in [1.165, 1.54) is 30.3 Å². The minimum atomic E-state index is -0.399. The lowest BCUT2D eigenvalue weighted by Crippen LogP contribution is -2.35. The van der Waals surface area contributed by atoms with E-state index in [0.29, 0.717) is 17.1 Å². The number of pyridine rings is 1. The number of hydrogen-bond acceptors (Lipinski definition) is 5. The Morgan fingerprint density at radius 3 is 2.76 bits per heavy atom. The van der Waals surface area contributed by atoms with E-state index in [1.807, 2.05) is 0 Å². The zero-order valence-electron chi connectivity index (χ0n) is 11.5. The molecule has 2 heterocycles. The number of H-pyrrole nitrogens is 1. The molecule has 2 rings (SSSR count). The molecule has 0 aliphatic carbocycles. The summed E-state index contributed by atoms with van der Waals surface area (Å²) < 4.78 is 4.82. The summed E-state index contributed by atoms with van der Waals surface area (Å²) in [5, 5.41) is 6.14. The fourth-order valence-electron chi connectivity index (χ4n) is 1.66. The number of anilines is 1. The Hall–Kier alpha value is -2.90. The van der Waals surface area contributed by atoms with Gasteiger partial charge in [-0.05, 0) is 13.0 Å². The first-order valence-corrected chi connectivity index (χ1v) is 6.13. The molecule has 0 saturated heterocycles. The molecule has 0 unspecified atom stereocenters. The number of aromatic nitrogens is 2. The molecule has 2 N–H and O–H groups in total. The quantitative estimate of drug-likeness (QED) is 0.846. The number of likely N-dealkylation sites (N-methyl/N-ethyl adjacent to an activating group) is 1. The smallest absolute Gasteiger partial charge is 0.255 e. The summed E-state index contributed by atoms with van der Waals surface area (Å²) in [6, 6.07) is 4.22. The van der Waals surface area contributed by atoms with Crippen LogP contribution in [0.1, 0.15) is 16.1 Å². The predicted molar refractivity (Wildman–Crippen MR) is 73.9 cm³/mol. The molecule has 110 valence electrons. The average Bonchev–Trinajstić information content (AvgIpc) is 2.83. The lowest BCUT2D eigenvalue weighted by Gasteiger charge is -2.16. The van der Waals surface area contributed by atoms with E-state index in [0.717, 1.165) is 0 Å². The van der Waals surface area contributed by atoms with Crippen molar-refractivity contribution in [3.05, 3.63) is 46.1 Å². The van der Waals surface area contributed by atoms with Gasteiger partial charge < -0.3 is 19.7 Å². The third kappa shape index (κ3) is 3.78. The topological polar surface area (TPSA) is 108 Å². The number of carbonyl (C=O) groups excluding carboxylic acids is 2. The van der Waals surface area contributed by atoms with Crippen LogP contribution < -0.4 is 10.9 Å². The number of aromatic amines is 1. The first-order valence-electron chi connectivity index (χ1n) is 6.13. The fourth-order valence-corrected chi connectivity index (χ4v) is 1.66. The van der Waals surface area contributed by atoms with Gasteiger partial charge in [-0.25, -0.2) is 0 Å². The summed E-state index contributed by atoms with van der Waals surface area (Å²) in [4.78, 5) is 38.4. The van der Waals surface area contributed by atoms with Gasteiger partial charge >= 0.3 is 0 Å². The molecule has 0 aromatic carbocycles. The van der Waals surface area contributed by atoms with Crippen molar-refractivity contribution in [3.8, 4) is 0 Å². The minimum absolute atomic E-state index is 0.149. The molecular weight excluding hydrogens is 276 g/mol. The van der Waals surface area contributed by atoms with Crippen molar-refractivity contribution in [1.29, 1.82) is 0 Å². The molecule has 0 bridgehead atoms. The molecule has 2 aromatic heterocycles. The largest absolute Gasteiger partial charge is 0.360 e. The molecule has 8 nitrogen and oxygen atoms in total. The number of aryl methyl sites for hydroxylation is 1. The Labute approximate surface area is 119 Å². The van der Waals surface area contributed by atoms with Gasteiger partial charge in [-0.15, -0.1) is 0 Å². The number of amides is 2. The summed E-state index contributed by atoms with van der Waals surface area (Å²) in [5.74, 6) is 0.0895. The highest BCUT2D eigenvalue weighted by atomic mass is 16.5. The van der Waals surface area contributed by atoms with Crippen LogP contribution >= 0.6 is 0 Å². The third-order valence-electron chi connectivity index (χ3n) is 2.65. The van der Waals surface area contributed by atoms with Crippen LogP contribution in [-0.2, 0) is 4.79 Å². The van der Waals surface area contributed by atoms with Gasteiger partial charge in [-0.3, -0.25) is 14.4 Å². The van der Waals surface area contributed by atoms with Crippen molar-refractivity contribution in [2.45, 2.75) is 6.92 Å². The van der Waals surface area contributed by atoms with Crippen molar-refractivity contribution in [2.24, 2.45) is 0 Å². The van der Waals surface area contributed by atoms with E-state index < -0.39 is 5.91 Å². The average molecular weight is 290 g/mol. The number of nitrogens with zero attached hydrogens (tertiary/aromatic N) is 2. The molecule has 0 atom stereocenters. The number of hydrogen-bond donors (Lipinski definition) is 2. The van der Waals surface area contributed by atoms with Gasteiger partial charge in [-0.1, -0.05) is 5.16 Å². The molecule has 0 saturated carbocycles. The van der Waals surface area contributed by atoms with Gasteiger partial charge in [0.1, 0.15) is 5.76 Å². The first kappa shape index (κ1) is 14.5. The Morgan fingerprint density at radius 2 is 2.19 bits per heavy atom. The highest BCUT2D eigenvalue weighted by Crippen LogP contribution is 2.07. The van der Waals surface area contributed by atoms with Gasteiger partial charge in [0.05, 0.1) is 12.1 Å². The normalized spacial score (nSPS) is 10.2. The molecule has 2 amide bonds. The van der Waals surface area contributed by atoms with Crippen LogP contribution in [0.25, 0.3) is 0 Å². The van der Waals surface area contributed by atoms with Crippen molar-refractivity contribution in [3.63, 3.8) is 0 Å². The molecule has 2 aromatic rings. The highest BCUT2D eigenvalue weighted by molar-refractivity contribution is 5.98. The minimum Gasteiger partial charge on any atom is -0.360 e. The van der Waals surface area contributed by atoms with Crippen LogP contribution in [0.4, 0.5) is 5.82 Å². The second-order valence-electron chi connectivity index (χ2n) is 4.47. The zero-order chi connectivity index (χ0) is 15.4. The van der Waals surface area contributed by atoms with Crippen LogP contribution in [0, 0.1) is 6.92 Å². The van der Waals surface area contributed by atoms with Crippen molar-refractivity contribution >= 4 is 17.6 Å². The second kappa shape index (κ2) is 6.04. The van der Waals surface area contributed by atoms with E-state index in [2.05, 4.69) is 15.5 Å². The Bertz CT molecular complexity index is 698. The van der Waals surface area contributed by atoms with Gasteiger partial charge in [0, 0.05) is 25.4 Å². The highest BCUT2D eigenvalue weighted by Gasteiger charge is 2.15. The van der Waals surface area contributed by atoms with Gasteiger partial charge in [0.15, 0.2) is 5.82 Å². The molecule has 21 heavy (non-hydrogen) atoms. The van der Waals surface area contributed by atoms with E-state index in [-0.39, 0.29) is 18.0 Å². The van der Waals surface area contributed by atoms with Gasteiger partial charge in [-0.2, -0.15) is 0 Å². The van der Waals surface area contributed by atoms with E-state index >= 15 is 0 Å². The van der Waals surface area contributed by atoms with Crippen molar-refractivity contribution in [2.75, 3.05) is 18.9 Å². The maximum absolute atomic E-state index is 12.0.